The summed E-state index contributed by atoms with van der Waals surface area (Å²) in [4.78, 5) is 0. The molecule has 0 spiro atoms. The largest absolute Gasteiger partial charge is 2.00 e. The maximum absolute atomic E-state index is 14.2. The van der Waals surface area contributed by atoms with Crippen molar-refractivity contribution in [2.75, 3.05) is 5.34 Å². The van der Waals surface area contributed by atoms with Crippen molar-refractivity contribution in [1.82, 2.24) is 0 Å². The molecule has 0 aliphatic heterocycles. The third kappa shape index (κ3) is 26.5. The molecule has 0 unspecified atom stereocenters. The first-order valence-electron chi connectivity index (χ1n) is 34.6. The van der Waals surface area contributed by atoms with Crippen LogP contribution in [-0.4, -0.2) is 53.2 Å². The van der Waals surface area contributed by atoms with E-state index >= 15 is 0 Å². The topological polar surface area (TPSA) is 40.9 Å². The van der Waals surface area contributed by atoms with E-state index in [1.165, 1.54) is 79.4 Å². The Morgan fingerprint density at radius 2 is 0.413 bits per heavy atom. The van der Waals surface area contributed by atoms with E-state index in [0.717, 1.165) is 0 Å². The average Bonchev–Trinajstić information content (AvgIpc) is 0.707. The Hall–Kier alpha value is -3.25. The number of rotatable bonds is 10. The van der Waals surface area contributed by atoms with Crippen LogP contribution in [-0.2, 0) is 75.2 Å². The Morgan fingerprint density at radius 3 is 0.510 bits per heavy atom. The monoisotopic (exact) mass is 1770 g/mol. The van der Waals surface area contributed by atoms with Crippen LogP contribution in [0.25, 0.3) is 0 Å². The molecule has 2 radical (unpaired) electrons. The van der Waals surface area contributed by atoms with E-state index in [2.05, 4.69) is 7.72 Å². The molecule has 0 saturated heterocycles. The van der Waals surface area contributed by atoms with Gasteiger partial charge in [0.1, 0.15) is 6.15 Å². The van der Waals surface area contributed by atoms with Crippen LogP contribution in [0, 0.1) is 11.3 Å². The van der Waals surface area contributed by atoms with E-state index in [9.17, 15) is 105 Å². The number of alkyl halides is 26. The summed E-state index contributed by atoms with van der Waals surface area (Å²) in [5, 5.41) is 7.51. The molecular formula is C71H83B2Cl2F24NOP2Pt. The minimum absolute atomic E-state index is 0. The average molecular weight is 1770 g/mol. The SMILES string of the molecule is C1CCC(P(C2CCCCC2)C2CCCCC2)CC1.C1CCC(P(C2CCCCC2)C2CCCCC2)CC1.CC#N.ClCCl.FC(F)(F)c1cc([B-](c2cc(C(F)(F)F)cc(C(F)(F)F)c2)(c2cc(C(F)(F)F)cc(C(F)(F)F)c2)c2cc(C(F)(F)F)cc(C(F)(F)F)c2)cc(C(F)(F)F)c1.[B-]=O.[Pt+2]. The molecule has 0 aromatic heterocycles. The van der Waals surface area contributed by atoms with Crippen molar-refractivity contribution in [2.45, 2.75) is 283 Å². The van der Waals surface area contributed by atoms with Crippen LogP contribution in [0.2, 0.25) is 0 Å². The molecular weight excluding hydrogens is 1690 g/mol. The van der Waals surface area contributed by atoms with Crippen molar-refractivity contribution in [3.05, 3.63) is 117 Å². The Kier molecular flexibility index (Phi) is 36.4. The van der Waals surface area contributed by atoms with Gasteiger partial charge in [-0.1, -0.05) is 180 Å². The van der Waals surface area contributed by atoms with Gasteiger partial charge in [-0.3, -0.25) is 7.72 Å². The number of nitriles is 1. The zero-order chi connectivity index (χ0) is 77.2. The van der Waals surface area contributed by atoms with Gasteiger partial charge in [0, 0.05) is 6.92 Å². The van der Waals surface area contributed by atoms with Crippen LogP contribution in [0.15, 0.2) is 72.8 Å². The smallest absolute Gasteiger partial charge is 0.718 e. The molecule has 104 heavy (non-hydrogen) atoms. The van der Waals surface area contributed by atoms with E-state index < -0.39 is 195 Å². The zero-order valence-electron chi connectivity index (χ0n) is 56.9. The molecule has 6 aliphatic carbocycles. The van der Waals surface area contributed by atoms with Crippen molar-refractivity contribution in [3.8, 4) is 6.07 Å². The second-order valence-corrected chi connectivity index (χ2v) is 34.2. The van der Waals surface area contributed by atoms with Crippen LogP contribution in [0.5, 0.6) is 0 Å². The van der Waals surface area contributed by atoms with Crippen molar-refractivity contribution in [1.29, 1.82) is 5.26 Å². The standard InChI is InChI=1S/C32H12BF24.2C18H33P.C2H3N.CH2Cl2.BO.Pt/c34-25(35,36)13-1-14(26(37,38)39)6-21(5-13)33(22-7-15(27(40,41)42)2-16(8-22)28(43,44)45,23-9-17(29(46,47)48)3-18(10-23)30(49,50)51)24-11-19(31(52,53)54)4-20(12-24)32(55,56)57;2*1-4-10-16(11-5-1)19(17-12-6-2-7-13-17)18-14-8-3-9-15-18;1-2-3;2-1-3;1-2;/h1-12H;2*16-18H,1-15H2;1H3;1H2;;/q-1;;;;;-1;+2. The first-order chi connectivity index (χ1) is 48.0. The van der Waals surface area contributed by atoms with Crippen LogP contribution < -0.4 is 21.9 Å². The maximum Gasteiger partial charge on any atom is 2.00 e. The van der Waals surface area contributed by atoms with E-state index in [0.29, 0.717) is 15.8 Å². The molecule has 0 heterocycles. The van der Waals surface area contributed by atoms with Gasteiger partial charge >= 0.3 is 70.5 Å². The van der Waals surface area contributed by atoms with E-state index in [1.54, 1.807) is 160 Å². The van der Waals surface area contributed by atoms with Gasteiger partial charge in [-0.15, -0.1) is 23.2 Å². The summed E-state index contributed by atoms with van der Waals surface area (Å²) in [6.07, 6.45) is -7.57. The number of nitrogens with zero attached hydrogens (tertiary/aromatic N) is 1. The third-order valence-corrected chi connectivity index (χ3v) is 28.6. The second-order valence-electron chi connectivity index (χ2n) is 27.2. The van der Waals surface area contributed by atoms with Crippen LogP contribution in [0.1, 0.15) is 244 Å². The van der Waals surface area contributed by atoms with E-state index in [-0.39, 0.29) is 26.4 Å². The van der Waals surface area contributed by atoms with Crippen LogP contribution in [0.4, 0.5) is 105 Å². The summed E-state index contributed by atoms with van der Waals surface area (Å²) in [6.45, 7) is 1.43. The Bertz CT molecular complexity index is 2700. The van der Waals surface area contributed by atoms with Gasteiger partial charge in [0.2, 0.25) is 0 Å². The number of benzene rings is 4. The van der Waals surface area contributed by atoms with Crippen LogP contribution in [0.3, 0.4) is 0 Å². The molecule has 6 fully saturated rings. The molecule has 2 nitrogen and oxygen atoms in total. The summed E-state index contributed by atoms with van der Waals surface area (Å²) < 4.78 is 349. The van der Waals surface area contributed by atoms with Gasteiger partial charge in [-0.05, 0) is 135 Å². The quantitative estimate of drug-likeness (QED) is 0.0687. The summed E-state index contributed by atoms with van der Waals surface area (Å²) in [5.74, 6) is 0. The molecule has 4 aromatic carbocycles. The summed E-state index contributed by atoms with van der Waals surface area (Å²) in [6, 6.07) is -7.06. The van der Waals surface area contributed by atoms with Gasteiger partial charge in [0.25, 0.3) is 0 Å². The number of hydrogen-bond donors (Lipinski definition) is 0. The molecule has 586 valence electrons. The van der Waals surface area contributed by atoms with E-state index in [1.807, 2.05) is 0 Å². The van der Waals surface area contributed by atoms with Gasteiger partial charge in [-0.2, -0.15) is 132 Å². The van der Waals surface area contributed by atoms with Gasteiger partial charge in [-0.25, -0.2) is 0 Å². The zero-order valence-corrected chi connectivity index (χ0v) is 62.4. The van der Waals surface area contributed by atoms with Crippen molar-refractivity contribution < 1.29 is 131 Å². The second kappa shape index (κ2) is 40.6. The molecule has 33 heteroatoms. The fraction of sp³-hybridized carbons (Fsp3) is 0.648. The molecule has 0 bridgehead atoms. The summed E-state index contributed by atoms with van der Waals surface area (Å²) in [7, 11) is 4.02. The predicted octanol–water partition coefficient (Wildman–Crippen LogP) is 25.6. The van der Waals surface area contributed by atoms with Crippen molar-refractivity contribution >= 4 is 74.8 Å². The van der Waals surface area contributed by atoms with Gasteiger partial charge < -0.3 is 4.70 Å². The molecule has 4 aromatic rings. The Labute approximate surface area is 619 Å². The Morgan fingerprint density at radius 1 is 0.308 bits per heavy atom. The van der Waals surface area contributed by atoms with Crippen molar-refractivity contribution in [2.24, 2.45) is 0 Å². The summed E-state index contributed by atoms with van der Waals surface area (Å²) in [5.41, 5.74) is -23.1. The first-order valence-corrected chi connectivity index (χ1v) is 38.7. The third-order valence-electron chi connectivity index (χ3n) is 20.4. The molecule has 0 amide bonds. The molecule has 10 rings (SSSR count). The van der Waals surface area contributed by atoms with Crippen LogP contribution >= 0.6 is 39.0 Å². The minimum Gasteiger partial charge on any atom is -0.718 e. The Balaban J connectivity index is 0.000000390. The predicted molar refractivity (Wildman–Crippen MR) is 359 cm³/mol. The fourth-order valence-electron chi connectivity index (χ4n) is 16.1. The van der Waals surface area contributed by atoms with Crippen molar-refractivity contribution in [3.63, 3.8) is 0 Å². The van der Waals surface area contributed by atoms with Gasteiger partial charge in [0.15, 0.2) is 0 Å². The molecule has 6 aliphatic rings. The van der Waals surface area contributed by atoms with Gasteiger partial charge in [0.05, 0.1) is 55.9 Å². The molecule has 6 saturated carbocycles. The minimum atomic E-state index is -6.13. The van der Waals surface area contributed by atoms with E-state index in [4.69, 9.17) is 33.2 Å². The molecule has 0 atom stereocenters. The summed E-state index contributed by atoms with van der Waals surface area (Å²) >= 11 is 9.53. The maximum atomic E-state index is 14.2. The molecule has 0 N–H and O–H groups in total. The number of halogens is 26. The first kappa shape index (κ1) is 93.1. The number of hydrogen-bond acceptors (Lipinski definition) is 2. The fourth-order valence-corrected chi connectivity index (χ4v) is 25.5. The normalized spacial score (nSPS) is 18.7.